The Hall–Kier alpha value is -0.420. The molecule has 0 aromatic heterocycles. The molecule has 20 heavy (non-hydrogen) atoms. The van der Waals surface area contributed by atoms with Crippen molar-refractivity contribution in [2.45, 2.75) is 30.8 Å². The molecule has 1 aliphatic carbocycles. The zero-order valence-corrected chi connectivity index (χ0v) is 14.4. The van der Waals surface area contributed by atoms with E-state index in [0.29, 0.717) is 12.1 Å². The van der Waals surface area contributed by atoms with Crippen LogP contribution in [0, 0.1) is 0 Å². The van der Waals surface area contributed by atoms with Crippen LogP contribution in [0.3, 0.4) is 0 Å². The molecule has 0 amide bonds. The standard InChI is InChI=1S/C16H26BrN3/c1-19(2)16(8-5-9-16)12-20(3)15(11-18)13-6-4-7-14(17)10-13/h4,6-7,10,15H,5,8-9,11-12,18H2,1-3H3. The first kappa shape index (κ1) is 16.0. The second kappa shape index (κ2) is 6.56. The molecule has 0 radical (unpaired) electrons. The lowest BCUT2D eigenvalue weighted by Gasteiger charge is -2.50. The molecular weight excluding hydrogens is 314 g/mol. The molecule has 0 heterocycles. The Labute approximate surface area is 131 Å². The molecule has 1 atom stereocenters. The van der Waals surface area contributed by atoms with Crippen molar-refractivity contribution in [3.63, 3.8) is 0 Å². The van der Waals surface area contributed by atoms with Gasteiger partial charge in [-0.3, -0.25) is 4.90 Å². The SMILES string of the molecule is CN(CC1(N(C)C)CCC1)C(CN)c1cccc(Br)c1. The number of rotatable bonds is 6. The van der Waals surface area contributed by atoms with Gasteiger partial charge in [-0.25, -0.2) is 0 Å². The monoisotopic (exact) mass is 339 g/mol. The highest BCUT2D eigenvalue weighted by Crippen LogP contribution is 2.38. The minimum Gasteiger partial charge on any atom is -0.329 e. The maximum Gasteiger partial charge on any atom is 0.0468 e. The van der Waals surface area contributed by atoms with Gasteiger partial charge in [0.2, 0.25) is 0 Å². The van der Waals surface area contributed by atoms with Crippen molar-refractivity contribution in [2.75, 3.05) is 34.2 Å². The number of nitrogens with zero attached hydrogens (tertiary/aromatic N) is 2. The highest BCUT2D eigenvalue weighted by molar-refractivity contribution is 9.10. The molecule has 4 heteroatoms. The molecule has 0 spiro atoms. The first-order valence-electron chi connectivity index (χ1n) is 7.32. The van der Waals surface area contributed by atoms with Gasteiger partial charge in [-0.05, 0) is 58.1 Å². The number of hydrogen-bond donors (Lipinski definition) is 1. The average molecular weight is 340 g/mol. The van der Waals surface area contributed by atoms with Crippen LogP contribution < -0.4 is 5.73 Å². The molecule has 3 nitrogen and oxygen atoms in total. The van der Waals surface area contributed by atoms with Crippen LogP contribution >= 0.6 is 15.9 Å². The summed E-state index contributed by atoms with van der Waals surface area (Å²) in [5, 5.41) is 0. The van der Waals surface area contributed by atoms with E-state index in [1.807, 2.05) is 0 Å². The van der Waals surface area contributed by atoms with Gasteiger partial charge in [-0.15, -0.1) is 0 Å². The highest BCUT2D eigenvalue weighted by atomic mass is 79.9. The van der Waals surface area contributed by atoms with Gasteiger partial charge in [-0.1, -0.05) is 28.1 Å². The van der Waals surface area contributed by atoms with E-state index >= 15 is 0 Å². The average Bonchev–Trinajstić information content (AvgIpc) is 2.34. The van der Waals surface area contributed by atoms with Crippen LogP contribution in [0.5, 0.6) is 0 Å². The van der Waals surface area contributed by atoms with Crippen LogP contribution in [0.2, 0.25) is 0 Å². The Morgan fingerprint density at radius 2 is 2.00 bits per heavy atom. The zero-order valence-electron chi connectivity index (χ0n) is 12.8. The van der Waals surface area contributed by atoms with Gasteiger partial charge in [-0.2, -0.15) is 0 Å². The van der Waals surface area contributed by atoms with E-state index in [-0.39, 0.29) is 6.04 Å². The summed E-state index contributed by atoms with van der Waals surface area (Å²) < 4.78 is 1.12. The van der Waals surface area contributed by atoms with E-state index in [2.05, 4.69) is 71.1 Å². The summed E-state index contributed by atoms with van der Waals surface area (Å²) in [4.78, 5) is 4.81. The summed E-state index contributed by atoms with van der Waals surface area (Å²) in [6.07, 6.45) is 3.93. The van der Waals surface area contributed by atoms with Crippen molar-refractivity contribution in [2.24, 2.45) is 5.73 Å². The first-order valence-corrected chi connectivity index (χ1v) is 8.11. The summed E-state index contributed by atoms with van der Waals surface area (Å²) in [5.41, 5.74) is 7.67. The van der Waals surface area contributed by atoms with Crippen LogP contribution in [0.1, 0.15) is 30.9 Å². The Morgan fingerprint density at radius 3 is 2.45 bits per heavy atom. The second-order valence-corrected chi connectivity index (χ2v) is 7.11. The van der Waals surface area contributed by atoms with Crippen molar-refractivity contribution >= 4 is 15.9 Å². The summed E-state index contributed by atoms with van der Waals surface area (Å²) in [6, 6.07) is 8.77. The molecule has 1 aliphatic rings. The molecule has 1 saturated carbocycles. The fraction of sp³-hybridized carbons (Fsp3) is 0.625. The minimum atomic E-state index is 0.282. The van der Waals surface area contributed by atoms with Gasteiger partial charge in [0, 0.05) is 29.1 Å². The lowest BCUT2D eigenvalue weighted by molar-refractivity contribution is 0.0168. The van der Waals surface area contributed by atoms with Gasteiger partial charge >= 0.3 is 0 Å². The Bertz CT molecular complexity index is 443. The van der Waals surface area contributed by atoms with Crippen molar-refractivity contribution in [1.29, 1.82) is 0 Å². The Balaban J connectivity index is 2.11. The van der Waals surface area contributed by atoms with E-state index in [9.17, 15) is 0 Å². The third-order valence-corrected chi connectivity index (χ3v) is 5.26. The Morgan fingerprint density at radius 1 is 1.30 bits per heavy atom. The molecule has 0 aliphatic heterocycles. The van der Waals surface area contributed by atoms with Crippen LogP contribution in [0.4, 0.5) is 0 Å². The maximum atomic E-state index is 6.04. The van der Waals surface area contributed by atoms with Crippen molar-refractivity contribution in [3.8, 4) is 0 Å². The molecule has 0 saturated heterocycles. The lowest BCUT2D eigenvalue weighted by atomic mass is 9.75. The van der Waals surface area contributed by atoms with Crippen LogP contribution in [0.15, 0.2) is 28.7 Å². The number of halogens is 1. The minimum absolute atomic E-state index is 0.282. The number of benzene rings is 1. The van der Waals surface area contributed by atoms with E-state index in [0.717, 1.165) is 11.0 Å². The molecule has 2 rings (SSSR count). The van der Waals surface area contributed by atoms with Gasteiger partial charge in [0.05, 0.1) is 0 Å². The lowest BCUT2D eigenvalue weighted by Crippen LogP contribution is -2.57. The summed E-state index contributed by atoms with van der Waals surface area (Å²) in [5.74, 6) is 0. The first-order chi connectivity index (χ1) is 9.48. The molecular formula is C16H26BrN3. The second-order valence-electron chi connectivity index (χ2n) is 6.19. The van der Waals surface area contributed by atoms with Crippen molar-refractivity contribution in [1.82, 2.24) is 9.80 Å². The van der Waals surface area contributed by atoms with Crippen molar-refractivity contribution in [3.05, 3.63) is 34.3 Å². The summed E-state index contributed by atoms with van der Waals surface area (Å²) >= 11 is 3.55. The van der Waals surface area contributed by atoms with Crippen molar-refractivity contribution < 1.29 is 0 Å². The topological polar surface area (TPSA) is 32.5 Å². The van der Waals surface area contributed by atoms with E-state index in [4.69, 9.17) is 5.73 Å². The van der Waals surface area contributed by atoms with E-state index in [1.54, 1.807) is 0 Å². The van der Waals surface area contributed by atoms with E-state index in [1.165, 1.54) is 24.8 Å². The summed E-state index contributed by atoms with van der Waals surface area (Å²) in [6.45, 7) is 1.73. The van der Waals surface area contributed by atoms with Gasteiger partial charge in [0.1, 0.15) is 0 Å². The fourth-order valence-electron chi connectivity index (χ4n) is 3.19. The van der Waals surface area contributed by atoms with Gasteiger partial charge < -0.3 is 10.6 Å². The van der Waals surface area contributed by atoms with Crippen LogP contribution in [-0.4, -0.2) is 49.6 Å². The quantitative estimate of drug-likeness (QED) is 0.864. The number of likely N-dealkylation sites (N-methyl/N-ethyl adjacent to an activating group) is 2. The summed E-state index contributed by atoms with van der Waals surface area (Å²) in [7, 11) is 6.59. The number of hydrogen-bond acceptors (Lipinski definition) is 3. The zero-order chi connectivity index (χ0) is 14.8. The largest absolute Gasteiger partial charge is 0.329 e. The maximum absolute atomic E-state index is 6.04. The third-order valence-electron chi connectivity index (χ3n) is 4.77. The predicted octanol–water partition coefficient (Wildman–Crippen LogP) is 2.87. The molecule has 1 aromatic rings. The van der Waals surface area contributed by atoms with E-state index < -0.39 is 0 Å². The van der Waals surface area contributed by atoms with Crippen LogP contribution in [-0.2, 0) is 0 Å². The highest BCUT2D eigenvalue weighted by Gasteiger charge is 2.40. The van der Waals surface area contributed by atoms with Gasteiger partial charge in [0.15, 0.2) is 0 Å². The smallest absolute Gasteiger partial charge is 0.0468 e. The predicted molar refractivity (Wildman–Crippen MR) is 88.8 cm³/mol. The molecule has 1 aromatic carbocycles. The molecule has 2 N–H and O–H groups in total. The third kappa shape index (κ3) is 3.25. The molecule has 1 unspecified atom stereocenters. The molecule has 112 valence electrons. The normalized spacial score (nSPS) is 19.1. The molecule has 0 bridgehead atoms. The number of nitrogens with two attached hydrogens (primary N) is 1. The fourth-order valence-corrected chi connectivity index (χ4v) is 3.61. The Kier molecular flexibility index (Phi) is 5.24. The van der Waals surface area contributed by atoms with Gasteiger partial charge in [0.25, 0.3) is 0 Å². The molecule has 1 fully saturated rings. The van der Waals surface area contributed by atoms with Crippen LogP contribution in [0.25, 0.3) is 0 Å².